The fourth-order valence-electron chi connectivity index (χ4n) is 5.86. The third-order valence-corrected chi connectivity index (χ3v) is 7.58. The molecule has 4 heterocycles. The molecule has 5 rings (SSSR count). The van der Waals surface area contributed by atoms with Crippen LogP contribution in [-0.2, 0) is 4.79 Å². The van der Waals surface area contributed by atoms with Crippen molar-refractivity contribution in [2.24, 2.45) is 5.92 Å². The van der Waals surface area contributed by atoms with E-state index in [-0.39, 0.29) is 11.9 Å². The molecule has 33 heavy (non-hydrogen) atoms. The van der Waals surface area contributed by atoms with Crippen LogP contribution in [0.15, 0.2) is 24.5 Å². The van der Waals surface area contributed by atoms with Crippen molar-refractivity contribution in [3.63, 3.8) is 0 Å². The Morgan fingerprint density at radius 1 is 1.03 bits per heavy atom. The van der Waals surface area contributed by atoms with Gasteiger partial charge >= 0.3 is 0 Å². The Morgan fingerprint density at radius 2 is 1.82 bits per heavy atom. The molecule has 2 N–H and O–H groups in total. The number of hydrogen-bond acceptors (Lipinski definition) is 7. The van der Waals surface area contributed by atoms with Gasteiger partial charge < -0.3 is 15.5 Å². The molecule has 2 saturated heterocycles. The summed E-state index contributed by atoms with van der Waals surface area (Å²) >= 11 is 0. The predicted octanol–water partition coefficient (Wildman–Crippen LogP) is 2.73. The van der Waals surface area contributed by atoms with Gasteiger partial charge in [0.2, 0.25) is 11.9 Å². The summed E-state index contributed by atoms with van der Waals surface area (Å²) in [7, 11) is 0. The minimum Gasteiger partial charge on any atom is -0.368 e. The van der Waals surface area contributed by atoms with Gasteiger partial charge in [-0.3, -0.25) is 14.7 Å². The SMILES string of the molecule is Cc1nc(N)nc(N2CCC[C@@H](C(=O)N3CCN(C4CCCC4)CC3)C2)c1-c1cccnc1. The van der Waals surface area contributed by atoms with Gasteiger partial charge in [-0.05, 0) is 38.7 Å². The highest BCUT2D eigenvalue weighted by Crippen LogP contribution is 2.34. The summed E-state index contributed by atoms with van der Waals surface area (Å²) < 4.78 is 0. The van der Waals surface area contributed by atoms with E-state index in [9.17, 15) is 4.79 Å². The Kier molecular flexibility index (Phi) is 6.44. The summed E-state index contributed by atoms with van der Waals surface area (Å²) in [5.41, 5.74) is 8.81. The van der Waals surface area contributed by atoms with Crippen molar-refractivity contribution in [3.8, 4) is 11.1 Å². The zero-order chi connectivity index (χ0) is 22.8. The molecule has 0 bridgehead atoms. The molecule has 8 heteroatoms. The second-order valence-corrected chi connectivity index (χ2v) is 9.69. The van der Waals surface area contributed by atoms with Gasteiger partial charge in [-0.25, -0.2) is 4.98 Å². The molecule has 0 radical (unpaired) electrons. The third kappa shape index (κ3) is 4.67. The van der Waals surface area contributed by atoms with Crippen LogP contribution < -0.4 is 10.6 Å². The molecule has 0 spiro atoms. The third-order valence-electron chi connectivity index (χ3n) is 7.58. The maximum atomic E-state index is 13.5. The number of aryl methyl sites for hydroxylation is 1. The number of amides is 1. The minimum absolute atomic E-state index is 0.00461. The molecule has 1 aliphatic carbocycles. The number of carbonyl (C=O) groups is 1. The van der Waals surface area contributed by atoms with Gasteiger partial charge in [0.25, 0.3) is 0 Å². The smallest absolute Gasteiger partial charge is 0.227 e. The van der Waals surface area contributed by atoms with Crippen LogP contribution in [0.5, 0.6) is 0 Å². The second kappa shape index (κ2) is 9.63. The fourth-order valence-corrected chi connectivity index (χ4v) is 5.86. The monoisotopic (exact) mass is 449 g/mol. The van der Waals surface area contributed by atoms with E-state index in [1.165, 1.54) is 25.7 Å². The molecule has 176 valence electrons. The number of nitrogens with two attached hydrogens (primary N) is 1. The van der Waals surface area contributed by atoms with Gasteiger partial charge in [0.05, 0.1) is 11.6 Å². The van der Waals surface area contributed by atoms with Crippen LogP contribution in [0.25, 0.3) is 11.1 Å². The molecule has 2 aromatic rings. The molecular weight excluding hydrogens is 414 g/mol. The largest absolute Gasteiger partial charge is 0.368 e. The van der Waals surface area contributed by atoms with E-state index < -0.39 is 0 Å². The van der Waals surface area contributed by atoms with E-state index in [0.29, 0.717) is 12.5 Å². The number of hydrogen-bond donors (Lipinski definition) is 1. The normalized spacial score (nSPS) is 22.6. The van der Waals surface area contributed by atoms with Gasteiger partial charge in [0, 0.05) is 68.8 Å². The van der Waals surface area contributed by atoms with Crippen LogP contribution in [0, 0.1) is 12.8 Å². The van der Waals surface area contributed by atoms with Gasteiger partial charge in [-0.15, -0.1) is 0 Å². The lowest BCUT2D eigenvalue weighted by Gasteiger charge is -2.41. The first kappa shape index (κ1) is 22.1. The van der Waals surface area contributed by atoms with Crippen molar-refractivity contribution < 1.29 is 4.79 Å². The van der Waals surface area contributed by atoms with Gasteiger partial charge in [0.1, 0.15) is 5.82 Å². The lowest BCUT2D eigenvalue weighted by atomic mass is 9.95. The number of pyridine rings is 1. The molecule has 0 unspecified atom stereocenters. The molecule has 1 atom stereocenters. The van der Waals surface area contributed by atoms with E-state index in [2.05, 4.69) is 29.7 Å². The van der Waals surface area contributed by atoms with Crippen molar-refractivity contribution in [2.45, 2.75) is 51.5 Å². The highest BCUT2D eigenvalue weighted by Gasteiger charge is 2.34. The second-order valence-electron chi connectivity index (χ2n) is 9.69. The van der Waals surface area contributed by atoms with Crippen molar-refractivity contribution >= 4 is 17.7 Å². The fraction of sp³-hybridized carbons (Fsp3) is 0.600. The summed E-state index contributed by atoms with van der Waals surface area (Å²) in [6.07, 6.45) is 10.9. The average Bonchev–Trinajstić information content (AvgIpc) is 3.39. The predicted molar refractivity (Wildman–Crippen MR) is 130 cm³/mol. The number of rotatable bonds is 4. The average molecular weight is 450 g/mol. The molecule has 2 aliphatic heterocycles. The van der Waals surface area contributed by atoms with Crippen molar-refractivity contribution in [3.05, 3.63) is 30.2 Å². The molecule has 3 aliphatic rings. The molecule has 3 fully saturated rings. The van der Waals surface area contributed by atoms with Crippen LogP contribution in [0.1, 0.15) is 44.2 Å². The first-order valence-corrected chi connectivity index (χ1v) is 12.4. The van der Waals surface area contributed by atoms with Crippen molar-refractivity contribution in [2.75, 3.05) is 49.9 Å². The molecule has 0 aromatic carbocycles. The first-order chi connectivity index (χ1) is 16.1. The summed E-state index contributed by atoms with van der Waals surface area (Å²) in [6, 6.07) is 4.68. The Hall–Kier alpha value is -2.74. The van der Waals surface area contributed by atoms with Crippen LogP contribution in [0.4, 0.5) is 11.8 Å². The zero-order valence-electron chi connectivity index (χ0n) is 19.6. The first-order valence-electron chi connectivity index (χ1n) is 12.4. The van der Waals surface area contributed by atoms with Gasteiger partial charge in [-0.1, -0.05) is 18.9 Å². The van der Waals surface area contributed by atoms with E-state index in [0.717, 1.165) is 74.2 Å². The van der Waals surface area contributed by atoms with Crippen LogP contribution in [0.3, 0.4) is 0 Å². The molecule has 1 saturated carbocycles. The quantitative estimate of drug-likeness (QED) is 0.767. The standard InChI is InChI=1S/C25H35N7O/c1-18-22(19-6-4-10-27-16-19)23(29-25(26)28-18)32-11-5-7-20(17-32)24(33)31-14-12-30(13-15-31)21-8-2-3-9-21/h4,6,10,16,20-21H,2-3,5,7-9,11-15,17H2,1H3,(H2,26,28,29)/t20-/m1/s1. The highest BCUT2D eigenvalue weighted by molar-refractivity contribution is 5.82. The van der Waals surface area contributed by atoms with Crippen LogP contribution >= 0.6 is 0 Å². The number of anilines is 2. The zero-order valence-corrected chi connectivity index (χ0v) is 19.6. The Bertz CT molecular complexity index is 968. The summed E-state index contributed by atoms with van der Waals surface area (Å²) in [4.78, 5) is 33.7. The lowest BCUT2D eigenvalue weighted by Crippen LogP contribution is -2.54. The summed E-state index contributed by atoms with van der Waals surface area (Å²) in [5, 5.41) is 0. The molecule has 2 aromatic heterocycles. The Labute approximate surface area is 196 Å². The number of piperazine rings is 1. The van der Waals surface area contributed by atoms with E-state index >= 15 is 0 Å². The highest BCUT2D eigenvalue weighted by atomic mass is 16.2. The number of nitrogen functional groups attached to an aromatic ring is 1. The van der Waals surface area contributed by atoms with Gasteiger partial charge in [-0.2, -0.15) is 4.98 Å². The summed E-state index contributed by atoms with van der Waals surface area (Å²) in [6.45, 7) is 7.23. The minimum atomic E-state index is -0.00461. The van der Waals surface area contributed by atoms with Crippen LogP contribution in [0.2, 0.25) is 0 Å². The van der Waals surface area contributed by atoms with Crippen molar-refractivity contribution in [1.29, 1.82) is 0 Å². The van der Waals surface area contributed by atoms with E-state index in [1.807, 2.05) is 25.3 Å². The maximum Gasteiger partial charge on any atom is 0.227 e. The van der Waals surface area contributed by atoms with Crippen molar-refractivity contribution in [1.82, 2.24) is 24.8 Å². The Morgan fingerprint density at radius 3 is 2.55 bits per heavy atom. The topological polar surface area (TPSA) is 91.5 Å². The maximum absolute atomic E-state index is 13.5. The molecule has 8 nitrogen and oxygen atoms in total. The van der Waals surface area contributed by atoms with E-state index in [4.69, 9.17) is 5.73 Å². The Balaban J connectivity index is 1.30. The van der Waals surface area contributed by atoms with E-state index in [1.54, 1.807) is 6.20 Å². The van der Waals surface area contributed by atoms with Crippen LogP contribution in [-0.4, -0.2) is 76.0 Å². The number of aromatic nitrogens is 3. The lowest BCUT2D eigenvalue weighted by molar-refractivity contribution is -0.137. The van der Waals surface area contributed by atoms with Gasteiger partial charge in [0.15, 0.2) is 0 Å². The molecular formula is C25H35N7O. The summed E-state index contributed by atoms with van der Waals surface area (Å²) in [5.74, 6) is 1.38. The number of piperidine rings is 1. The molecule has 1 amide bonds. The number of nitrogens with zero attached hydrogens (tertiary/aromatic N) is 6. The number of carbonyl (C=O) groups excluding carboxylic acids is 1.